The molecular weight excluding hydrogens is 280 g/mol. The van der Waals surface area contributed by atoms with Gasteiger partial charge < -0.3 is 14.5 Å². The fraction of sp³-hybridized carbons (Fsp3) is 0.688. The van der Waals surface area contributed by atoms with Gasteiger partial charge in [0.1, 0.15) is 0 Å². The number of nitrogens with zero attached hydrogens (tertiary/aromatic N) is 4. The highest BCUT2D eigenvalue weighted by Gasteiger charge is 2.61. The lowest BCUT2D eigenvalue weighted by Gasteiger charge is -2.27. The van der Waals surface area contributed by atoms with E-state index in [1.807, 2.05) is 24.2 Å². The predicted molar refractivity (Wildman–Crippen MR) is 81.5 cm³/mol. The monoisotopic (exact) mass is 302 g/mol. The van der Waals surface area contributed by atoms with Crippen molar-refractivity contribution in [1.82, 2.24) is 14.9 Å². The standard InChI is InChI=1S/C16H22N4O2/c1-12-9-17-15(18-10-12)20-3-2-16(11-20)8-13(16)14(21)19-4-6-22-7-5-19/h9-10,13H,2-8,11H2,1H3/t13-,16+/m1/s1. The smallest absolute Gasteiger partial charge is 0.226 e. The summed E-state index contributed by atoms with van der Waals surface area (Å²) in [5.41, 5.74) is 1.24. The Bertz CT molecular complexity index is 570. The Morgan fingerprint density at radius 2 is 2.00 bits per heavy atom. The maximum Gasteiger partial charge on any atom is 0.226 e. The normalized spacial score (nSPS) is 30.9. The van der Waals surface area contributed by atoms with Crippen LogP contribution in [0.3, 0.4) is 0 Å². The highest BCUT2D eigenvalue weighted by Crippen LogP contribution is 2.59. The predicted octanol–water partition coefficient (Wildman–Crippen LogP) is 0.860. The second kappa shape index (κ2) is 5.19. The molecule has 2 saturated heterocycles. The highest BCUT2D eigenvalue weighted by molar-refractivity contribution is 5.83. The van der Waals surface area contributed by atoms with Gasteiger partial charge in [0.2, 0.25) is 11.9 Å². The molecule has 1 aromatic rings. The van der Waals surface area contributed by atoms with E-state index in [1.165, 1.54) is 0 Å². The molecule has 0 unspecified atom stereocenters. The summed E-state index contributed by atoms with van der Waals surface area (Å²) < 4.78 is 5.33. The molecule has 2 aliphatic heterocycles. The van der Waals surface area contributed by atoms with Crippen LogP contribution in [-0.2, 0) is 9.53 Å². The summed E-state index contributed by atoms with van der Waals surface area (Å²) >= 11 is 0. The van der Waals surface area contributed by atoms with Crippen LogP contribution in [-0.4, -0.2) is 60.2 Å². The number of anilines is 1. The van der Waals surface area contributed by atoms with Crippen LogP contribution in [0, 0.1) is 18.3 Å². The zero-order valence-electron chi connectivity index (χ0n) is 13.0. The third kappa shape index (κ3) is 2.35. The van der Waals surface area contributed by atoms with E-state index >= 15 is 0 Å². The molecule has 3 heterocycles. The van der Waals surface area contributed by atoms with Gasteiger partial charge >= 0.3 is 0 Å². The van der Waals surface area contributed by atoms with E-state index in [0.29, 0.717) is 19.1 Å². The van der Waals surface area contributed by atoms with E-state index in [2.05, 4.69) is 14.9 Å². The summed E-state index contributed by atoms with van der Waals surface area (Å²) in [6, 6.07) is 0. The van der Waals surface area contributed by atoms with Crippen LogP contribution in [0.5, 0.6) is 0 Å². The average molecular weight is 302 g/mol. The molecule has 3 fully saturated rings. The average Bonchev–Trinajstić information content (AvgIpc) is 3.09. The lowest BCUT2D eigenvalue weighted by molar-refractivity contribution is -0.137. The van der Waals surface area contributed by atoms with E-state index in [9.17, 15) is 4.79 Å². The molecule has 1 saturated carbocycles. The van der Waals surface area contributed by atoms with Crippen LogP contribution >= 0.6 is 0 Å². The lowest BCUT2D eigenvalue weighted by Crippen LogP contribution is -2.42. The van der Waals surface area contributed by atoms with Gasteiger partial charge in [0.05, 0.1) is 13.2 Å². The van der Waals surface area contributed by atoms with Crippen molar-refractivity contribution >= 4 is 11.9 Å². The number of ether oxygens (including phenoxy) is 1. The van der Waals surface area contributed by atoms with Crippen LogP contribution in [0.2, 0.25) is 0 Å². The third-order valence-electron chi connectivity index (χ3n) is 5.25. The van der Waals surface area contributed by atoms with Gasteiger partial charge in [-0.15, -0.1) is 0 Å². The molecule has 6 nitrogen and oxygen atoms in total. The first kappa shape index (κ1) is 13.9. The first-order valence-electron chi connectivity index (χ1n) is 8.08. The van der Waals surface area contributed by atoms with E-state index in [0.717, 1.165) is 50.5 Å². The summed E-state index contributed by atoms with van der Waals surface area (Å²) in [6.07, 6.45) is 5.81. The molecule has 0 N–H and O–H groups in total. The van der Waals surface area contributed by atoms with Gasteiger partial charge in [-0.2, -0.15) is 0 Å². The molecule has 0 aromatic carbocycles. The fourth-order valence-electron chi connectivity index (χ4n) is 3.77. The minimum atomic E-state index is 0.170. The first-order valence-corrected chi connectivity index (χ1v) is 8.08. The van der Waals surface area contributed by atoms with E-state index in [4.69, 9.17) is 4.74 Å². The SMILES string of the molecule is Cc1cnc(N2CC[C@]3(C[C@@H]3C(=O)N3CCOCC3)C2)nc1. The van der Waals surface area contributed by atoms with Gasteiger partial charge in [-0.3, -0.25) is 4.79 Å². The Kier molecular flexibility index (Phi) is 3.29. The van der Waals surface area contributed by atoms with Crippen molar-refractivity contribution in [2.75, 3.05) is 44.3 Å². The van der Waals surface area contributed by atoms with Gasteiger partial charge in [-0.05, 0) is 25.3 Å². The van der Waals surface area contributed by atoms with Crippen LogP contribution in [0.25, 0.3) is 0 Å². The second-order valence-electron chi connectivity index (χ2n) is 6.79. The number of rotatable bonds is 2. The maximum absolute atomic E-state index is 12.6. The summed E-state index contributed by atoms with van der Waals surface area (Å²) in [5.74, 6) is 1.32. The zero-order chi connectivity index (χ0) is 15.2. The Morgan fingerprint density at radius 1 is 1.27 bits per heavy atom. The van der Waals surface area contributed by atoms with Crippen LogP contribution in [0.1, 0.15) is 18.4 Å². The van der Waals surface area contributed by atoms with E-state index in [1.54, 1.807) is 0 Å². The lowest BCUT2D eigenvalue weighted by atomic mass is 10.0. The molecule has 6 heteroatoms. The highest BCUT2D eigenvalue weighted by atomic mass is 16.5. The van der Waals surface area contributed by atoms with Crippen LogP contribution in [0.4, 0.5) is 5.95 Å². The Labute approximate surface area is 130 Å². The molecule has 4 rings (SSSR count). The van der Waals surface area contributed by atoms with Gasteiger partial charge in [0.25, 0.3) is 0 Å². The van der Waals surface area contributed by atoms with Gasteiger partial charge in [-0.25, -0.2) is 9.97 Å². The number of amides is 1. The molecule has 1 aromatic heterocycles. The molecule has 1 aliphatic carbocycles. The topological polar surface area (TPSA) is 58.6 Å². The van der Waals surface area contributed by atoms with Gasteiger partial charge in [0.15, 0.2) is 0 Å². The van der Waals surface area contributed by atoms with Crippen molar-refractivity contribution in [3.63, 3.8) is 0 Å². The molecule has 0 bridgehead atoms. The summed E-state index contributed by atoms with van der Waals surface area (Å²) in [7, 11) is 0. The van der Waals surface area contributed by atoms with Gasteiger partial charge in [0, 0.05) is 49.9 Å². The third-order valence-corrected chi connectivity index (χ3v) is 5.25. The largest absolute Gasteiger partial charge is 0.378 e. The van der Waals surface area contributed by atoms with Crippen molar-refractivity contribution in [2.24, 2.45) is 11.3 Å². The van der Waals surface area contributed by atoms with E-state index < -0.39 is 0 Å². The zero-order valence-corrected chi connectivity index (χ0v) is 13.0. The van der Waals surface area contributed by atoms with E-state index in [-0.39, 0.29) is 11.3 Å². The van der Waals surface area contributed by atoms with Crippen molar-refractivity contribution in [1.29, 1.82) is 0 Å². The Morgan fingerprint density at radius 3 is 2.73 bits per heavy atom. The molecule has 118 valence electrons. The molecule has 1 amide bonds. The molecular formula is C16H22N4O2. The number of morpholine rings is 1. The van der Waals surface area contributed by atoms with Crippen LogP contribution in [0.15, 0.2) is 12.4 Å². The number of aromatic nitrogens is 2. The molecule has 1 spiro atoms. The second-order valence-corrected chi connectivity index (χ2v) is 6.79. The Hall–Kier alpha value is -1.69. The molecule has 2 atom stereocenters. The minimum Gasteiger partial charge on any atom is -0.378 e. The Balaban J connectivity index is 1.40. The van der Waals surface area contributed by atoms with Crippen molar-refractivity contribution in [2.45, 2.75) is 19.8 Å². The quantitative estimate of drug-likeness (QED) is 0.811. The number of hydrogen-bond acceptors (Lipinski definition) is 5. The maximum atomic E-state index is 12.6. The fourth-order valence-corrected chi connectivity index (χ4v) is 3.77. The number of carbonyl (C=O) groups is 1. The van der Waals surface area contributed by atoms with Crippen molar-refractivity contribution in [3.05, 3.63) is 18.0 Å². The number of carbonyl (C=O) groups excluding carboxylic acids is 1. The van der Waals surface area contributed by atoms with Crippen LogP contribution < -0.4 is 4.90 Å². The summed E-state index contributed by atoms with van der Waals surface area (Å²) in [4.78, 5) is 25.7. The molecule has 3 aliphatic rings. The first-order chi connectivity index (χ1) is 10.7. The minimum absolute atomic E-state index is 0.170. The number of hydrogen-bond donors (Lipinski definition) is 0. The molecule has 22 heavy (non-hydrogen) atoms. The van der Waals surface area contributed by atoms with Crippen molar-refractivity contribution < 1.29 is 9.53 Å². The van der Waals surface area contributed by atoms with Gasteiger partial charge in [-0.1, -0.05) is 0 Å². The van der Waals surface area contributed by atoms with Crippen molar-refractivity contribution in [3.8, 4) is 0 Å². The molecule has 0 radical (unpaired) electrons. The summed E-state index contributed by atoms with van der Waals surface area (Å²) in [5, 5.41) is 0. The summed E-state index contributed by atoms with van der Waals surface area (Å²) in [6.45, 7) is 6.70. The number of aryl methyl sites for hydroxylation is 1.